The average Bonchev–Trinajstić information content (AvgIpc) is 2.87. The molecule has 0 aromatic carbocycles. The second-order valence-electron chi connectivity index (χ2n) is 3.62. The first kappa shape index (κ1) is 8.94. The Labute approximate surface area is 82.9 Å². The molecule has 72 valence electrons. The predicted molar refractivity (Wildman–Crippen MR) is 54.9 cm³/mol. The Morgan fingerprint density at radius 1 is 1.64 bits per heavy atom. The van der Waals surface area contributed by atoms with E-state index in [-0.39, 0.29) is 11.8 Å². The number of amides is 1. The molecule has 3 nitrogen and oxygen atoms in total. The van der Waals surface area contributed by atoms with Crippen LogP contribution in [0.15, 0.2) is 30.5 Å². The van der Waals surface area contributed by atoms with E-state index in [1.54, 1.807) is 12.3 Å². The third-order valence-electron chi connectivity index (χ3n) is 2.28. The van der Waals surface area contributed by atoms with Crippen LogP contribution in [0.4, 0.5) is 5.82 Å². The summed E-state index contributed by atoms with van der Waals surface area (Å²) in [5.74, 6) is 0.629. The molecule has 1 aromatic rings. The highest BCUT2D eigenvalue weighted by molar-refractivity contribution is 5.96. The summed E-state index contributed by atoms with van der Waals surface area (Å²) < 4.78 is 0. The van der Waals surface area contributed by atoms with Crippen LogP contribution in [0, 0.1) is 12.8 Å². The van der Waals surface area contributed by atoms with Crippen LogP contribution in [0.3, 0.4) is 0 Å². The van der Waals surface area contributed by atoms with Crippen LogP contribution in [0.5, 0.6) is 0 Å². The van der Waals surface area contributed by atoms with Crippen LogP contribution in [0.1, 0.15) is 12.0 Å². The average molecular weight is 188 g/mol. The number of nitrogens with one attached hydrogen (secondary N) is 1. The fourth-order valence-corrected chi connectivity index (χ4v) is 1.24. The largest absolute Gasteiger partial charge is 0.310 e. The highest BCUT2D eigenvalue weighted by atomic mass is 16.2. The van der Waals surface area contributed by atoms with E-state index in [0.717, 1.165) is 17.6 Å². The van der Waals surface area contributed by atoms with Crippen LogP contribution in [0.2, 0.25) is 0 Å². The Balaban J connectivity index is 2.00. The maximum atomic E-state index is 11.5. The number of aryl methyl sites for hydroxylation is 1. The first-order chi connectivity index (χ1) is 6.66. The van der Waals surface area contributed by atoms with Crippen LogP contribution in [0.25, 0.3) is 0 Å². The monoisotopic (exact) mass is 188 g/mol. The zero-order valence-electron chi connectivity index (χ0n) is 8.08. The molecule has 1 aliphatic rings. The van der Waals surface area contributed by atoms with E-state index in [0.29, 0.717) is 5.82 Å². The standard InChI is InChI=1S/C11H12N2O/c1-7-3-4-10(12-6-7)13-11(14)9-5-8(9)2/h3-4,6,9H,2,5H2,1H3,(H,12,13,14). The smallest absolute Gasteiger partial charge is 0.233 e. The molecule has 1 amide bonds. The van der Waals surface area contributed by atoms with E-state index in [9.17, 15) is 4.79 Å². The summed E-state index contributed by atoms with van der Waals surface area (Å²) in [7, 11) is 0. The molecule has 0 spiro atoms. The summed E-state index contributed by atoms with van der Waals surface area (Å²) >= 11 is 0. The molecule has 1 saturated carbocycles. The van der Waals surface area contributed by atoms with Crippen LogP contribution < -0.4 is 5.32 Å². The number of hydrogen-bond acceptors (Lipinski definition) is 2. The van der Waals surface area contributed by atoms with Crippen molar-refractivity contribution < 1.29 is 4.79 Å². The molecular formula is C11H12N2O. The van der Waals surface area contributed by atoms with Gasteiger partial charge in [0.25, 0.3) is 0 Å². The van der Waals surface area contributed by atoms with Gasteiger partial charge in [-0.05, 0) is 25.0 Å². The second-order valence-corrected chi connectivity index (χ2v) is 3.62. The van der Waals surface area contributed by atoms with Crippen LogP contribution in [-0.4, -0.2) is 10.9 Å². The normalized spacial score (nSPS) is 19.2. The highest BCUT2D eigenvalue weighted by Gasteiger charge is 2.34. The molecule has 1 aliphatic carbocycles. The maximum Gasteiger partial charge on any atom is 0.233 e. The van der Waals surface area contributed by atoms with Crippen molar-refractivity contribution in [2.75, 3.05) is 5.32 Å². The summed E-state index contributed by atoms with van der Waals surface area (Å²) in [6, 6.07) is 3.72. The lowest BCUT2D eigenvalue weighted by Crippen LogP contribution is -2.14. The number of pyridine rings is 1. The molecule has 1 unspecified atom stereocenters. The van der Waals surface area contributed by atoms with Crippen LogP contribution in [-0.2, 0) is 4.79 Å². The predicted octanol–water partition coefficient (Wildman–Crippen LogP) is 1.90. The summed E-state index contributed by atoms with van der Waals surface area (Å²) in [5.41, 5.74) is 2.09. The molecule has 0 radical (unpaired) electrons. The molecule has 0 aliphatic heterocycles. The zero-order chi connectivity index (χ0) is 10.1. The number of carbonyl (C=O) groups is 1. The SMILES string of the molecule is C=C1CC1C(=O)Nc1ccc(C)cn1. The fourth-order valence-electron chi connectivity index (χ4n) is 1.24. The van der Waals surface area contributed by atoms with Gasteiger partial charge in [0.2, 0.25) is 5.91 Å². The Bertz CT molecular complexity index is 381. The highest BCUT2D eigenvalue weighted by Crippen LogP contribution is 2.36. The van der Waals surface area contributed by atoms with Gasteiger partial charge in [0, 0.05) is 6.20 Å². The first-order valence-corrected chi connectivity index (χ1v) is 4.58. The summed E-state index contributed by atoms with van der Waals surface area (Å²) in [4.78, 5) is 15.5. The minimum absolute atomic E-state index is 0.00588. The summed E-state index contributed by atoms with van der Waals surface area (Å²) in [5, 5.41) is 2.75. The Hall–Kier alpha value is -1.64. The van der Waals surface area contributed by atoms with E-state index < -0.39 is 0 Å². The van der Waals surface area contributed by atoms with Crippen molar-refractivity contribution in [3.05, 3.63) is 36.0 Å². The summed E-state index contributed by atoms with van der Waals surface area (Å²) in [6.45, 7) is 5.70. The molecule has 2 rings (SSSR count). The molecule has 1 atom stereocenters. The third kappa shape index (κ3) is 1.82. The zero-order valence-corrected chi connectivity index (χ0v) is 8.08. The molecule has 1 N–H and O–H groups in total. The molecule has 3 heteroatoms. The van der Waals surface area contributed by atoms with Gasteiger partial charge in [0.05, 0.1) is 5.92 Å². The lowest BCUT2D eigenvalue weighted by atomic mass is 10.3. The van der Waals surface area contributed by atoms with E-state index in [4.69, 9.17) is 0 Å². The van der Waals surface area contributed by atoms with E-state index >= 15 is 0 Å². The number of hydrogen-bond donors (Lipinski definition) is 1. The molecule has 1 fully saturated rings. The van der Waals surface area contributed by atoms with Crippen molar-refractivity contribution >= 4 is 11.7 Å². The number of anilines is 1. The van der Waals surface area contributed by atoms with Gasteiger partial charge in [-0.2, -0.15) is 0 Å². The quantitative estimate of drug-likeness (QED) is 0.720. The molecule has 1 heterocycles. The number of rotatable bonds is 2. The van der Waals surface area contributed by atoms with Gasteiger partial charge in [-0.3, -0.25) is 4.79 Å². The molecule has 0 bridgehead atoms. The Morgan fingerprint density at radius 2 is 2.36 bits per heavy atom. The van der Waals surface area contributed by atoms with E-state index in [1.165, 1.54) is 0 Å². The van der Waals surface area contributed by atoms with Gasteiger partial charge in [0.15, 0.2) is 0 Å². The van der Waals surface area contributed by atoms with E-state index in [1.807, 2.05) is 13.0 Å². The van der Waals surface area contributed by atoms with Crippen molar-refractivity contribution in [2.45, 2.75) is 13.3 Å². The van der Waals surface area contributed by atoms with Gasteiger partial charge in [0.1, 0.15) is 5.82 Å². The first-order valence-electron chi connectivity index (χ1n) is 4.58. The minimum Gasteiger partial charge on any atom is -0.310 e. The Kier molecular flexibility index (Phi) is 2.08. The lowest BCUT2D eigenvalue weighted by Gasteiger charge is -2.02. The molecular weight excluding hydrogens is 176 g/mol. The van der Waals surface area contributed by atoms with Crippen molar-refractivity contribution in [3.63, 3.8) is 0 Å². The van der Waals surface area contributed by atoms with E-state index in [2.05, 4.69) is 16.9 Å². The van der Waals surface area contributed by atoms with Crippen LogP contribution >= 0.6 is 0 Å². The summed E-state index contributed by atoms with van der Waals surface area (Å²) in [6.07, 6.45) is 2.55. The topological polar surface area (TPSA) is 42.0 Å². The minimum atomic E-state index is 0.00588. The fraction of sp³-hybridized carbons (Fsp3) is 0.273. The molecule has 1 aromatic heterocycles. The number of aromatic nitrogens is 1. The van der Waals surface area contributed by atoms with Crippen molar-refractivity contribution in [1.82, 2.24) is 4.98 Å². The third-order valence-corrected chi connectivity index (χ3v) is 2.28. The van der Waals surface area contributed by atoms with Gasteiger partial charge in [-0.1, -0.05) is 18.2 Å². The maximum absolute atomic E-state index is 11.5. The van der Waals surface area contributed by atoms with Crippen molar-refractivity contribution in [2.24, 2.45) is 5.92 Å². The second kappa shape index (κ2) is 3.25. The van der Waals surface area contributed by atoms with Gasteiger partial charge in [-0.25, -0.2) is 4.98 Å². The molecule has 14 heavy (non-hydrogen) atoms. The van der Waals surface area contributed by atoms with Crippen molar-refractivity contribution in [1.29, 1.82) is 0 Å². The number of carbonyl (C=O) groups excluding carboxylic acids is 1. The van der Waals surface area contributed by atoms with Gasteiger partial charge in [-0.15, -0.1) is 0 Å². The van der Waals surface area contributed by atoms with Gasteiger partial charge < -0.3 is 5.32 Å². The van der Waals surface area contributed by atoms with Crippen molar-refractivity contribution in [3.8, 4) is 0 Å². The van der Waals surface area contributed by atoms with Gasteiger partial charge >= 0.3 is 0 Å². The Morgan fingerprint density at radius 3 is 2.86 bits per heavy atom. The molecule has 0 saturated heterocycles. The lowest BCUT2D eigenvalue weighted by molar-refractivity contribution is -0.117. The number of nitrogens with zero attached hydrogens (tertiary/aromatic N) is 1.